The summed E-state index contributed by atoms with van der Waals surface area (Å²) in [7, 11) is 0. The molecule has 0 aromatic heterocycles. The van der Waals surface area contributed by atoms with E-state index in [1.54, 1.807) is 0 Å². The van der Waals surface area contributed by atoms with Gasteiger partial charge in [0.2, 0.25) is 0 Å². The zero-order valence-corrected chi connectivity index (χ0v) is 14.8. The highest BCUT2D eigenvalue weighted by atomic mass is 79.9. The van der Waals surface area contributed by atoms with Gasteiger partial charge in [0, 0.05) is 22.7 Å². The van der Waals surface area contributed by atoms with Gasteiger partial charge in [0.25, 0.3) is 0 Å². The molecule has 0 spiro atoms. The number of carbonyl (C=O) groups is 1. The SMILES string of the molecule is C[C@@H](C1CC1)N(Cc1ccccc1)C(=O)Nc1cccc(Br)c1. The molecule has 0 unspecified atom stereocenters. The first-order valence-corrected chi connectivity index (χ1v) is 8.80. The fourth-order valence-corrected chi connectivity index (χ4v) is 3.17. The highest BCUT2D eigenvalue weighted by molar-refractivity contribution is 9.10. The van der Waals surface area contributed by atoms with Crippen molar-refractivity contribution in [3.8, 4) is 0 Å². The summed E-state index contributed by atoms with van der Waals surface area (Å²) in [5.74, 6) is 0.631. The number of benzene rings is 2. The molecule has 1 N–H and O–H groups in total. The molecule has 1 aliphatic rings. The predicted molar refractivity (Wildman–Crippen MR) is 97.3 cm³/mol. The first-order chi connectivity index (χ1) is 11.1. The molecule has 1 aliphatic carbocycles. The number of rotatable bonds is 5. The van der Waals surface area contributed by atoms with Crippen LogP contribution in [-0.2, 0) is 6.54 Å². The molecule has 0 heterocycles. The summed E-state index contributed by atoms with van der Waals surface area (Å²) in [5.41, 5.74) is 1.97. The molecule has 2 amide bonds. The zero-order chi connectivity index (χ0) is 16.2. The fourth-order valence-electron chi connectivity index (χ4n) is 2.78. The number of nitrogens with one attached hydrogen (secondary N) is 1. The molecule has 1 saturated carbocycles. The lowest BCUT2D eigenvalue weighted by Crippen LogP contribution is -2.42. The van der Waals surface area contributed by atoms with Crippen molar-refractivity contribution in [2.24, 2.45) is 5.92 Å². The molecule has 23 heavy (non-hydrogen) atoms. The average Bonchev–Trinajstić information content (AvgIpc) is 3.38. The Morgan fingerprint density at radius 2 is 1.96 bits per heavy atom. The van der Waals surface area contributed by atoms with E-state index in [0.29, 0.717) is 12.5 Å². The van der Waals surface area contributed by atoms with Crippen molar-refractivity contribution >= 4 is 27.6 Å². The lowest BCUT2D eigenvalue weighted by molar-refractivity contribution is 0.181. The van der Waals surface area contributed by atoms with Crippen LogP contribution in [0, 0.1) is 5.92 Å². The van der Waals surface area contributed by atoms with E-state index in [2.05, 4.69) is 40.3 Å². The standard InChI is InChI=1S/C19H21BrN2O/c1-14(16-10-11-16)22(13-15-6-3-2-4-7-15)19(23)21-18-9-5-8-17(20)12-18/h2-9,12,14,16H,10-11,13H2,1H3,(H,21,23)/t14-/m0/s1. The molecule has 2 aromatic rings. The van der Waals surface area contributed by atoms with Crippen molar-refractivity contribution < 1.29 is 4.79 Å². The van der Waals surface area contributed by atoms with Crippen molar-refractivity contribution in [1.29, 1.82) is 0 Å². The van der Waals surface area contributed by atoms with Crippen LogP contribution in [0.15, 0.2) is 59.1 Å². The topological polar surface area (TPSA) is 32.3 Å². The lowest BCUT2D eigenvalue weighted by atomic mass is 10.1. The summed E-state index contributed by atoms with van der Waals surface area (Å²) in [6.07, 6.45) is 2.44. The summed E-state index contributed by atoms with van der Waals surface area (Å²) >= 11 is 3.44. The Kier molecular flexibility index (Phi) is 5.01. The molecule has 120 valence electrons. The van der Waals surface area contributed by atoms with E-state index in [0.717, 1.165) is 15.7 Å². The van der Waals surface area contributed by atoms with Crippen molar-refractivity contribution in [3.05, 3.63) is 64.6 Å². The van der Waals surface area contributed by atoms with Crippen LogP contribution in [0.1, 0.15) is 25.3 Å². The zero-order valence-electron chi connectivity index (χ0n) is 13.2. The van der Waals surface area contributed by atoms with Crippen LogP contribution in [0.2, 0.25) is 0 Å². The number of amides is 2. The molecule has 3 nitrogen and oxygen atoms in total. The summed E-state index contributed by atoms with van der Waals surface area (Å²) in [6, 6.07) is 18.1. The smallest absolute Gasteiger partial charge is 0.317 e. The van der Waals surface area contributed by atoms with Crippen LogP contribution in [0.5, 0.6) is 0 Å². The van der Waals surface area contributed by atoms with Crippen LogP contribution in [0.3, 0.4) is 0 Å². The van der Waals surface area contributed by atoms with Crippen LogP contribution in [0.25, 0.3) is 0 Å². The van der Waals surface area contributed by atoms with Gasteiger partial charge in [-0.15, -0.1) is 0 Å². The van der Waals surface area contributed by atoms with Gasteiger partial charge in [0.1, 0.15) is 0 Å². The quantitative estimate of drug-likeness (QED) is 0.760. The Hall–Kier alpha value is -1.81. The molecule has 0 saturated heterocycles. The summed E-state index contributed by atoms with van der Waals surface area (Å²) in [5, 5.41) is 3.02. The molecule has 0 aliphatic heterocycles. The second-order valence-electron chi connectivity index (χ2n) is 6.13. The Morgan fingerprint density at radius 1 is 1.22 bits per heavy atom. The molecule has 0 radical (unpaired) electrons. The van der Waals surface area contributed by atoms with E-state index in [1.165, 1.54) is 12.8 Å². The monoisotopic (exact) mass is 372 g/mol. The Labute approximate surface area is 145 Å². The average molecular weight is 373 g/mol. The largest absolute Gasteiger partial charge is 0.322 e. The highest BCUT2D eigenvalue weighted by Gasteiger charge is 2.34. The number of carbonyl (C=O) groups excluding carboxylic acids is 1. The second-order valence-corrected chi connectivity index (χ2v) is 7.05. The van der Waals surface area contributed by atoms with Gasteiger partial charge in [0.05, 0.1) is 0 Å². The minimum absolute atomic E-state index is 0.0358. The van der Waals surface area contributed by atoms with Crippen molar-refractivity contribution in [2.75, 3.05) is 5.32 Å². The van der Waals surface area contributed by atoms with Gasteiger partial charge < -0.3 is 10.2 Å². The summed E-state index contributed by atoms with van der Waals surface area (Å²) < 4.78 is 0.958. The van der Waals surface area contributed by atoms with E-state index in [-0.39, 0.29) is 12.1 Å². The third-order valence-electron chi connectivity index (χ3n) is 4.33. The highest BCUT2D eigenvalue weighted by Crippen LogP contribution is 2.36. The number of hydrogen-bond acceptors (Lipinski definition) is 1. The molecular weight excluding hydrogens is 352 g/mol. The fraction of sp³-hybridized carbons (Fsp3) is 0.316. The first kappa shape index (κ1) is 16.1. The Morgan fingerprint density at radius 3 is 2.61 bits per heavy atom. The van der Waals surface area contributed by atoms with Gasteiger partial charge in [-0.1, -0.05) is 52.3 Å². The maximum Gasteiger partial charge on any atom is 0.322 e. The second kappa shape index (κ2) is 7.18. The minimum Gasteiger partial charge on any atom is -0.317 e. The van der Waals surface area contributed by atoms with Crippen molar-refractivity contribution in [2.45, 2.75) is 32.4 Å². The normalized spacial score (nSPS) is 15.0. The number of urea groups is 1. The number of anilines is 1. The van der Waals surface area contributed by atoms with E-state index in [4.69, 9.17) is 0 Å². The maximum atomic E-state index is 12.8. The van der Waals surface area contributed by atoms with Crippen LogP contribution >= 0.6 is 15.9 Å². The van der Waals surface area contributed by atoms with Gasteiger partial charge in [-0.05, 0) is 49.4 Å². The molecule has 1 fully saturated rings. The predicted octanol–water partition coefficient (Wildman–Crippen LogP) is 5.28. The maximum absolute atomic E-state index is 12.8. The van der Waals surface area contributed by atoms with Crippen LogP contribution < -0.4 is 5.32 Å². The van der Waals surface area contributed by atoms with Gasteiger partial charge in [-0.25, -0.2) is 4.79 Å². The Bertz CT molecular complexity index is 670. The number of nitrogens with zero attached hydrogens (tertiary/aromatic N) is 1. The number of halogens is 1. The summed E-state index contributed by atoms with van der Waals surface area (Å²) in [4.78, 5) is 14.8. The van der Waals surface area contributed by atoms with Gasteiger partial charge in [-0.2, -0.15) is 0 Å². The van der Waals surface area contributed by atoms with Crippen molar-refractivity contribution in [3.63, 3.8) is 0 Å². The van der Waals surface area contributed by atoms with Gasteiger partial charge in [-0.3, -0.25) is 0 Å². The minimum atomic E-state index is -0.0358. The lowest BCUT2D eigenvalue weighted by Gasteiger charge is -2.29. The van der Waals surface area contributed by atoms with Crippen LogP contribution in [0.4, 0.5) is 10.5 Å². The third kappa shape index (κ3) is 4.35. The van der Waals surface area contributed by atoms with E-state index < -0.39 is 0 Å². The molecular formula is C19H21BrN2O. The third-order valence-corrected chi connectivity index (χ3v) is 4.82. The van der Waals surface area contributed by atoms with Gasteiger partial charge >= 0.3 is 6.03 Å². The Balaban J connectivity index is 1.75. The van der Waals surface area contributed by atoms with E-state index in [1.807, 2.05) is 47.4 Å². The van der Waals surface area contributed by atoms with E-state index in [9.17, 15) is 4.79 Å². The number of hydrogen-bond donors (Lipinski definition) is 1. The van der Waals surface area contributed by atoms with Gasteiger partial charge in [0.15, 0.2) is 0 Å². The molecule has 1 atom stereocenters. The molecule has 0 bridgehead atoms. The summed E-state index contributed by atoms with van der Waals surface area (Å²) in [6.45, 7) is 2.79. The van der Waals surface area contributed by atoms with Crippen LogP contribution in [-0.4, -0.2) is 17.0 Å². The van der Waals surface area contributed by atoms with E-state index >= 15 is 0 Å². The molecule has 3 rings (SSSR count). The van der Waals surface area contributed by atoms with Crippen molar-refractivity contribution in [1.82, 2.24) is 4.90 Å². The molecule has 2 aromatic carbocycles. The first-order valence-electron chi connectivity index (χ1n) is 8.00. The molecule has 4 heteroatoms.